The lowest BCUT2D eigenvalue weighted by Gasteiger charge is -2.29. The normalized spacial score (nSPS) is 19.3. The van der Waals surface area contributed by atoms with Crippen molar-refractivity contribution in [1.29, 1.82) is 0 Å². The van der Waals surface area contributed by atoms with Crippen molar-refractivity contribution in [2.45, 2.75) is 18.8 Å². The zero-order chi connectivity index (χ0) is 11.0. The van der Waals surface area contributed by atoms with E-state index in [2.05, 4.69) is 41.2 Å². The molecule has 1 N–H and O–H groups in total. The third-order valence-corrected chi connectivity index (χ3v) is 3.77. The number of piperidine rings is 1. The number of fused-ring (bicyclic) bond motifs is 1. The van der Waals surface area contributed by atoms with Crippen LogP contribution < -0.4 is 0 Å². The molecule has 1 fully saturated rings. The van der Waals surface area contributed by atoms with Gasteiger partial charge >= 0.3 is 0 Å². The second-order valence-corrected chi connectivity index (χ2v) is 4.90. The maximum atomic E-state index is 3.30. The number of benzene rings is 1. The van der Waals surface area contributed by atoms with Gasteiger partial charge in [0.15, 0.2) is 0 Å². The van der Waals surface area contributed by atoms with Crippen LogP contribution in [-0.2, 0) is 0 Å². The van der Waals surface area contributed by atoms with Gasteiger partial charge in [0.05, 0.1) is 0 Å². The number of hydrogen-bond acceptors (Lipinski definition) is 1. The SMILES string of the molecule is CN1CCC(c2ccc3cc[nH]c3c2)CC1. The molecule has 0 unspecified atom stereocenters. The Bertz CT molecular complexity index is 478. The molecule has 0 atom stereocenters. The number of nitrogens with one attached hydrogen (secondary N) is 1. The lowest BCUT2D eigenvalue weighted by molar-refractivity contribution is 0.255. The van der Waals surface area contributed by atoms with Crippen molar-refractivity contribution in [2.75, 3.05) is 20.1 Å². The van der Waals surface area contributed by atoms with Gasteiger partial charge in [0.25, 0.3) is 0 Å². The smallest absolute Gasteiger partial charge is 0.0456 e. The van der Waals surface area contributed by atoms with Crippen molar-refractivity contribution in [3.05, 3.63) is 36.0 Å². The van der Waals surface area contributed by atoms with Gasteiger partial charge in [0.2, 0.25) is 0 Å². The van der Waals surface area contributed by atoms with E-state index in [9.17, 15) is 0 Å². The second kappa shape index (κ2) is 3.95. The molecule has 2 heterocycles. The van der Waals surface area contributed by atoms with Crippen LogP contribution in [0.4, 0.5) is 0 Å². The van der Waals surface area contributed by atoms with E-state index in [4.69, 9.17) is 0 Å². The van der Waals surface area contributed by atoms with Crippen molar-refractivity contribution < 1.29 is 0 Å². The summed E-state index contributed by atoms with van der Waals surface area (Å²) in [6.07, 6.45) is 4.61. The minimum absolute atomic E-state index is 0.754. The Labute approximate surface area is 96.3 Å². The van der Waals surface area contributed by atoms with Crippen LogP contribution in [0, 0.1) is 0 Å². The molecule has 1 saturated heterocycles. The first-order chi connectivity index (χ1) is 7.83. The molecule has 2 aromatic rings. The molecule has 0 bridgehead atoms. The first-order valence-corrected chi connectivity index (χ1v) is 6.08. The fraction of sp³-hybridized carbons (Fsp3) is 0.429. The van der Waals surface area contributed by atoms with Crippen molar-refractivity contribution >= 4 is 10.9 Å². The summed E-state index contributed by atoms with van der Waals surface area (Å²) in [5, 5.41) is 1.32. The minimum Gasteiger partial charge on any atom is -0.361 e. The second-order valence-electron chi connectivity index (χ2n) is 4.90. The molecule has 1 aliphatic rings. The number of aromatic amines is 1. The van der Waals surface area contributed by atoms with Crippen LogP contribution in [0.2, 0.25) is 0 Å². The first-order valence-electron chi connectivity index (χ1n) is 6.08. The van der Waals surface area contributed by atoms with E-state index in [1.807, 2.05) is 6.20 Å². The van der Waals surface area contributed by atoms with Crippen LogP contribution in [-0.4, -0.2) is 30.0 Å². The Kier molecular flexibility index (Phi) is 2.44. The van der Waals surface area contributed by atoms with Crippen molar-refractivity contribution in [3.8, 4) is 0 Å². The molecule has 0 aliphatic carbocycles. The van der Waals surface area contributed by atoms with Gasteiger partial charge in [-0.25, -0.2) is 0 Å². The van der Waals surface area contributed by atoms with Gasteiger partial charge in [0, 0.05) is 11.7 Å². The van der Waals surface area contributed by atoms with E-state index in [1.165, 1.54) is 42.4 Å². The third kappa shape index (κ3) is 1.74. The average Bonchev–Trinajstić information content (AvgIpc) is 2.77. The summed E-state index contributed by atoms with van der Waals surface area (Å²) in [7, 11) is 2.21. The van der Waals surface area contributed by atoms with E-state index in [0.29, 0.717) is 0 Å². The highest BCUT2D eigenvalue weighted by molar-refractivity contribution is 5.80. The highest BCUT2D eigenvalue weighted by Crippen LogP contribution is 2.29. The van der Waals surface area contributed by atoms with E-state index in [-0.39, 0.29) is 0 Å². The number of nitrogens with zero attached hydrogens (tertiary/aromatic N) is 1. The molecule has 16 heavy (non-hydrogen) atoms. The summed E-state index contributed by atoms with van der Waals surface area (Å²) in [4.78, 5) is 5.72. The van der Waals surface area contributed by atoms with Crippen LogP contribution in [0.3, 0.4) is 0 Å². The summed E-state index contributed by atoms with van der Waals surface area (Å²) in [5.41, 5.74) is 2.78. The average molecular weight is 214 g/mol. The monoisotopic (exact) mass is 214 g/mol. The molecule has 0 amide bonds. The van der Waals surface area contributed by atoms with Crippen LogP contribution in [0.5, 0.6) is 0 Å². The Hall–Kier alpha value is -1.28. The van der Waals surface area contributed by atoms with Crippen LogP contribution >= 0.6 is 0 Å². The lowest BCUT2D eigenvalue weighted by Crippen LogP contribution is -2.29. The van der Waals surface area contributed by atoms with Crippen LogP contribution in [0.15, 0.2) is 30.5 Å². The molecular weight excluding hydrogens is 196 g/mol. The van der Waals surface area contributed by atoms with Gasteiger partial charge in [-0.2, -0.15) is 0 Å². The van der Waals surface area contributed by atoms with E-state index < -0.39 is 0 Å². The number of rotatable bonds is 1. The molecule has 1 aromatic carbocycles. The molecule has 0 spiro atoms. The maximum absolute atomic E-state index is 3.30. The molecule has 2 heteroatoms. The molecular formula is C14H18N2. The Morgan fingerprint density at radius 1 is 1.19 bits per heavy atom. The fourth-order valence-electron chi connectivity index (χ4n) is 2.66. The number of aromatic nitrogens is 1. The summed E-state index contributed by atoms with van der Waals surface area (Å²) >= 11 is 0. The maximum Gasteiger partial charge on any atom is 0.0456 e. The minimum atomic E-state index is 0.754. The topological polar surface area (TPSA) is 19.0 Å². The van der Waals surface area contributed by atoms with E-state index >= 15 is 0 Å². The first kappa shape index (κ1) is 9.91. The van der Waals surface area contributed by atoms with Crippen molar-refractivity contribution in [3.63, 3.8) is 0 Å². The molecule has 2 nitrogen and oxygen atoms in total. The number of hydrogen-bond donors (Lipinski definition) is 1. The standard InChI is InChI=1S/C14H18N2/c1-16-8-5-11(6-9-16)13-3-2-12-4-7-15-14(12)10-13/h2-4,7,10-11,15H,5-6,8-9H2,1H3. The van der Waals surface area contributed by atoms with Gasteiger partial charge in [-0.1, -0.05) is 12.1 Å². The summed E-state index contributed by atoms with van der Waals surface area (Å²) in [5.74, 6) is 0.754. The Morgan fingerprint density at radius 3 is 2.81 bits per heavy atom. The number of likely N-dealkylation sites (tertiary alicyclic amines) is 1. The number of H-pyrrole nitrogens is 1. The largest absolute Gasteiger partial charge is 0.361 e. The molecule has 3 rings (SSSR count). The highest BCUT2D eigenvalue weighted by Gasteiger charge is 2.18. The summed E-state index contributed by atoms with van der Waals surface area (Å²) in [6.45, 7) is 2.46. The highest BCUT2D eigenvalue weighted by atomic mass is 15.1. The van der Waals surface area contributed by atoms with Gasteiger partial charge in [0.1, 0.15) is 0 Å². The molecule has 0 radical (unpaired) electrons. The van der Waals surface area contributed by atoms with Gasteiger partial charge in [-0.05, 0) is 62.0 Å². The van der Waals surface area contributed by atoms with Crippen molar-refractivity contribution in [1.82, 2.24) is 9.88 Å². The Balaban J connectivity index is 1.87. The van der Waals surface area contributed by atoms with Gasteiger partial charge in [-0.3, -0.25) is 0 Å². The fourth-order valence-corrected chi connectivity index (χ4v) is 2.66. The quantitative estimate of drug-likeness (QED) is 0.773. The van der Waals surface area contributed by atoms with Gasteiger partial charge in [-0.15, -0.1) is 0 Å². The predicted octanol–water partition coefficient (Wildman–Crippen LogP) is 2.98. The predicted molar refractivity (Wildman–Crippen MR) is 67.8 cm³/mol. The van der Waals surface area contributed by atoms with Gasteiger partial charge < -0.3 is 9.88 Å². The Morgan fingerprint density at radius 2 is 2.00 bits per heavy atom. The molecule has 1 aliphatic heterocycles. The molecule has 0 saturated carbocycles. The van der Waals surface area contributed by atoms with E-state index in [0.717, 1.165) is 5.92 Å². The summed E-state index contributed by atoms with van der Waals surface area (Å²) < 4.78 is 0. The zero-order valence-electron chi connectivity index (χ0n) is 9.74. The van der Waals surface area contributed by atoms with E-state index in [1.54, 1.807) is 0 Å². The molecule has 1 aromatic heterocycles. The van der Waals surface area contributed by atoms with Crippen LogP contribution in [0.1, 0.15) is 24.3 Å². The summed E-state index contributed by atoms with van der Waals surface area (Å²) in [6, 6.07) is 8.99. The van der Waals surface area contributed by atoms with Crippen molar-refractivity contribution in [2.24, 2.45) is 0 Å². The lowest BCUT2D eigenvalue weighted by atomic mass is 9.89. The zero-order valence-corrected chi connectivity index (χ0v) is 9.74. The third-order valence-electron chi connectivity index (χ3n) is 3.77. The molecule has 84 valence electrons. The van der Waals surface area contributed by atoms with Crippen LogP contribution in [0.25, 0.3) is 10.9 Å².